The van der Waals surface area contributed by atoms with E-state index in [-0.39, 0.29) is 6.03 Å². The molecular formula is C22H34N4O3. The number of carbonyl (C=O) groups is 1. The van der Waals surface area contributed by atoms with Crippen LogP contribution in [0.5, 0.6) is 0 Å². The van der Waals surface area contributed by atoms with E-state index in [2.05, 4.69) is 52.3 Å². The third kappa shape index (κ3) is 7.03. The van der Waals surface area contributed by atoms with Crippen molar-refractivity contribution in [2.45, 2.75) is 26.8 Å². The molecule has 2 aromatic rings. The zero-order valence-corrected chi connectivity index (χ0v) is 17.7. The van der Waals surface area contributed by atoms with Crippen LogP contribution in [-0.4, -0.2) is 68.1 Å². The van der Waals surface area contributed by atoms with Crippen LogP contribution in [0, 0.1) is 5.92 Å². The van der Waals surface area contributed by atoms with Gasteiger partial charge in [-0.1, -0.05) is 13.8 Å². The number of ether oxygens (including phenoxy) is 2. The summed E-state index contributed by atoms with van der Waals surface area (Å²) in [4.78, 5) is 14.5. The molecule has 1 aromatic heterocycles. The van der Waals surface area contributed by atoms with Crippen LogP contribution >= 0.6 is 0 Å². The van der Waals surface area contributed by atoms with Gasteiger partial charge in [0.05, 0.1) is 13.2 Å². The van der Waals surface area contributed by atoms with E-state index in [4.69, 9.17) is 9.47 Å². The summed E-state index contributed by atoms with van der Waals surface area (Å²) in [5, 5.41) is 6.92. The van der Waals surface area contributed by atoms with Crippen LogP contribution in [0.4, 0.5) is 10.5 Å². The second kappa shape index (κ2) is 11.2. The number of amides is 2. The Bertz CT molecular complexity index is 769. The summed E-state index contributed by atoms with van der Waals surface area (Å²) in [7, 11) is 0. The van der Waals surface area contributed by atoms with Gasteiger partial charge < -0.3 is 24.7 Å². The zero-order valence-electron chi connectivity index (χ0n) is 17.7. The molecular weight excluding hydrogens is 368 g/mol. The number of hydrogen-bond donors (Lipinski definition) is 2. The molecule has 1 aliphatic heterocycles. The monoisotopic (exact) mass is 402 g/mol. The molecule has 1 saturated heterocycles. The molecule has 0 atom stereocenters. The summed E-state index contributed by atoms with van der Waals surface area (Å²) in [5.41, 5.74) is 1.99. The fourth-order valence-electron chi connectivity index (χ4n) is 3.42. The zero-order chi connectivity index (χ0) is 20.5. The van der Waals surface area contributed by atoms with Crippen molar-refractivity contribution in [3.8, 4) is 0 Å². The minimum absolute atomic E-state index is 0.181. The normalized spacial score (nSPS) is 15.1. The first-order chi connectivity index (χ1) is 14.1. The van der Waals surface area contributed by atoms with E-state index < -0.39 is 0 Å². The molecule has 0 unspecified atom stereocenters. The lowest BCUT2D eigenvalue weighted by atomic mass is 10.2. The molecule has 29 heavy (non-hydrogen) atoms. The van der Waals surface area contributed by atoms with Crippen LogP contribution < -0.4 is 10.6 Å². The van der Waals surface area contributed by atoms with Gasteiger partial charge in [0.1, 0.15) is 0 Å². The molecule has 2 amide bonds. The number of nitrogens with zero attached hydrogens (tertiary/aromatic N) is 2. The number of aromatic nitrogens is 1. The van der Waals surface area contributed by atoms with Gasteiger partial charge in [0.15, 0.2) is 0 Å². The molecule has 3 rings (SSSR count). The number of anilines is 1. The molecule has 0 spiro atoms. The number of morpholine rings is 1. The molecule has 0 bridgehead atoms. The van der Waals surface area contributed by atoms with Crippen molar-refractivity contribution in [3.05, 3.63) is 30.5 Å². The first-order valence-corrected chi connectivity index (χ1v) is 10.6. The number of urea groups is 1. The lowest BCUT2D eigenvalue weighted by molar-refractivity contribution is 0.0365. The van der Waals surface area contributed by atoms with Gasteiger partial charge in [-0.3, -0.25) is 4.90 Å². The molecule has 0 radical (unpaired) electrons. The van der Waals surface area contributed by atoms with Gasteiger partial charge in [-0.15, -0.1) is 0 Å². The maximum absolute atomic E-state index is 12.1. The van der Waals surface area contributed by atoms with E-state index in [0.29, 0.717) is 19.1 Å². The first kappa shape index (κ1) is 21.6. The predicted molar refractivity (Wildman–Crippen MR) is 116 cm³/mol. The maximum Gasteiger partial charge on any atom is 0.319 e. The number of benzene rings is 1. The Labute approximate surface area is 173 Å². The topological polar surface area (TPSA) is 67.8 Å². The van der Waals surface area contributed by atoms with Crippen LogP contribution in [0.25, 0.3) is 10.9 Å². The Balaban J connectivity index is 1.43. The van der Waals surface area contributed by atoms with Gasteiger partial charge >= 0.3 is 6.03 Å². The summed E-state index contributed by atoms with van der Waals surface area (Å²) in [6.45, 7) is 11.9. The summed E-state index contributed by atoms with van der Waals surface area (Å²) in [6.07, 6.45) is 2.93. The molecule has 2 N–H and O–H groups in total. The van der Waals surface area contributed by atoms with Crippen LogP contribution in [0.3, 0.4) is 0 Å². The van der Waals surface area contributed by atoms with E-state index in [0.717, 1.165) is 63.5 Å². The van der Waals surface area contributed by atoms with Crippen molar-refractivity contribution in [3.63, 3.8) is 0 Å². The number of rotatable bonds is 10. The van der Waals surface area contributed by atoms with Crippen LogP contribution in [-0.2, 0) is 16.0 Å². The highest BCUT2D eigenvalue weighted by Crippen LogP contribution is 2.20. The van der Waals surface area contributed by atoms with E-state index >= 15 is 0 Å². The standard InChI is InChI=1S/C22H34N4O3/c1-18(2)17-29-13-3-7-23-22(27)24-20-4-5-21-19(16-20)6-8-26(21)10-9-25-11-14-28-15-12-25/h4-6,8,16,18H,3,7,9-15,17H2,1-2H3,(H2,23,24,27). The highest BCUT2D eigenvalue weighted by Gasteiger charge is 2.11. The molecule has 1 fully saturated rings. The van der Waals surface area contributed by atoms with Crippen molar-refractivity contribution in [2.24, 2.45) is 5.92 Å². The van der Waals surface area contributed by atoms with E-state index in [1.165, 1.54) is 5.52 Å². The number of nitrogens with one attached hydrogen (secondary N) is 2. The maximum atomic E-state index is 12.1. The number of fused-ring (bicyclic) bond motifs is 1. The summed E-state index contributed by atoms with van der Waals surface area (Å²) in [5.74, 6) is 0.537. The first-order valence-electron chi connectivity index (χ1n) is 10.6. The molecule has 7 nitrogen and oxygen atoms in total. The number of hydrogen-bond acceptors (Lipinski definition) is 4. The molecule has 2 heterocycles. The van der Waals surface area contributed by atoms with Crippen molar-refractivity contribution >= 4 is 22.6 Å². The quantitative estimate of drug-likeness (QED) is 0.599. The van der Waals surface area contributed by atoms with Gasteiger partial charge in [0, 0.05) is 68.7 Å². The minimum Gasteiger partial charge on any atom is -0.381 e. The van der Waals surface area contributed by atoms with Gasteiger partial charge in [-0.2, -0.15) is 0 Å². The largest absolute Gasteiger partial charge is 0.381 e. The van der Waals surface area contributed by atoms with Crippen LogP contribution in [0.15, 0.2) is 30.5 Å². The second-order valence-corrected chi connectivity index (χ2v) is 7.94. The molecule has 0 saturated carbocycles. The average Bonchev–Trinajstić information content (AvgIpc) is 3.12. The Kier molecular flexibility index (Phi) is 8.34. The number of carbonyl (C=O) groups excluding carboxylic acids is 1. The molecule has 1 aromatic carbocycles. The fraction of sp³-hybridized carbons (Fsp3) is 0.591. The van der Waals surface area contributed by atoms with Crippen molar-refractivity contribution < 1.29 is 14.3 Å². The average molecular weight is 403 g/mol. The SMILES string of the molecule is CC(C)COCCCNC(=O)Nc1ccc2c(ccn2CCN2CCOCC2)c1. The van der Waals surface area contributed by atoms with Gasteiger partial charge in [-0.25, -0.2) is 4.79 Å². The third-order valence-electron chi connectivity index (χ3n) is 4.99. The highest BCUT2D eigenvalue weighted by atomic mass is 16.5. The van der Waals surface area contributed by atoms with Gasteiger partial charge in [-0.05, 0) is 36.6 Å². The van der Waals surface area contributed by atoms with E-state index in [9.17, 15) is 4.79 Å². The van der Waals surface area contributed by atoms with Gasteiger partial charge in [0.25, 0.3) is 0 Å². The van der Waals surface area contributed by atoms with Crippen molar-refractivity contribution in [1.29, 1.82) is 0 Å². The highest BCUT2D eigenvalue weighted by molar-refractivity contribution is 5.92. The Hall–Kier alpha value is -2.09. The van der Waals surface area contributed by atoms with E-state index in [1.54, 1.807) is 0 Å². The smallest absolute Gasteiger partial charge is 0.319 e. The molecule has 1 aliphatic rings. The molecule has 160 valence electrons. The third-order valence-corrected chi connectivity index (χ3v) is 4.99. The molecule has 7 heteroatoms. The lowest BCUT2D eigenvalue weighted by Gasteiger charge is -2.26. The van der Waals surface area contributed by atoms with Crippen molar-refractivity contribution in [2.75, 3.05) is 57.9 Å². The fourth-order valence-corrected chi connectivity index (χ4v) is 3.42. The Morgan fingerprint density at radius 3 is 2.83 bits per heavy atom. The van der Waals surface area contributed by atoms with Gasteiger partial charge in [0.2, 0.25) is 0 Å². The van der Waals surface area contributed by atoms with Crippen LogP contribution in [0.1, 0.15) is 20.3 Å². The second-order valence-electron chi connectivity index (χ2n) is 7.94. The predicted octanol–water partition coefficient (Wildman–Crippen LogP) is 3.16. The van der Waals surface area contributed by atoms with Crippen molar-refractivity contribution in [1.82, 2.24) is 14.8 Å². The summed E-state index contributed by atoms with van der Waals surface area (Å²) >= 11 is 0. The molecule has 0 aliphatic carbocycles. The summed E-state index contributed by atoms with van der Waals surface area (Å²) < 4.78 is 13.2. The Morgan fingerprint density at radius 1 is 1.21 bits per heavy atom. The van der Waals surface area contributed by atoms with E-state index in [1.807, 2.05) is 12.1 Å². The Morgan fingerprint density at radius 2 is 2.03 bits per heavy atom. The lowest BCUT2D eigenvalue weighted by Crippen LogP contribution is -2.38. The summed E-state index contributed by atoms with van der Waals surface area (Å²) in [6, 6.07) is 7.97. The minimum atomic E-state index is -0.181. The van der Waals surface area contributed by atoms with Crippen LogP contribution in [0.2, 0.25) is 0 Å².